The molecular formula is C17H20FN3. The number of benzene rings is 1. The number of anilines is 1. The van der Waals surface area contributed by atoms with Gasteiger partial charge >= 0.3 is 0 Å². The summed E-state index contributed by atoms with van der Waals surface area (Å²) < 4.78 is 13.5. The molecule has 0 bridgehead atoms. The van der Waals surface area contributed by atoms with E-state index in [2.05, 4.69) is 39.5 Å². The monoisotopic (exact) mass is 285 g/mol. The van der Waals surface area contributed by atoms with Gasteiger partial charge < -0.3 is 10.2 Å². The summed E-state index contributed by atoms with van der Waals surface area (Å²) in [4.78, 5) is 6.58. The van der Waals surface area contributed by atoms with Crippen LogP contribution in [0.5, 0.6) is 0 Å². The summed E-state index contributed by atoms with van der Waals surface area (Å²) in [6.45, 7) is 5.32. The van der Waals surface area contributed by atoms with Gasteiger partial charge in [-0.2, -0.15) is 0 Å². The van der Waals surface area contributed by atoms with Crippen LogP contribution in [0.2, 0.25) is 0 Å². The Labute approximate surface area is 124 Å². The fourth-order valence-corrected chi connectivity index (χ4v) is 2.82. The lowest BCUT2D eigenvalue weighted by molar-refractivity contribution is 0.610. The number of rotatable bonds is 4. The Bertz CT molecular complexity index is 627. The first-order valence-electron chi connectivity index (χ1n) is 7.45. The molecule has 3 nitrogen and oxygen atoms in total. The zero-order valence-electron chi connectivity index (χ0n) is 12.3. The van der Waals surface area contributed by atoms with E-state index in [1.165, 1.54) is 17.3 Å². The molecule has 3 rings (SSSR count). The predicted molar refractivity (Wildman–Crippen MR) is 82.8 cm³/mol. The molecule has 0 atom stereocenters. The van der Waals surface area contributed by atoms with Crippen molar-refractivity contribution in [2.75, 3.05) is 18.0 Å². The minimum absolute atomic E-state index is 0.274. The molecule has 1 N–H and O–H groups in total. The molecule has 1 aliphatic rings. The molecular weight excluding hydrogens is 265 g/mol. The molecule has 4 heteroatoms. The van der Waals surface area contributed by atoms with Gasteiger partial charge in [-0.15, -0.1) is 0 Å². The van der Waals surface area contributed by atoms with Crippen LogP contribution >= 0.6 is 0 Å². The Morgan fingerprint density at radius 2 is 2.10 bits per heavy atom. The zero-order valence-corrected chi connectivity index (χ0v) is 12.3. The molecule has 0 radical (unpaired) electrons. The lowest BCUT2D eigenvalue weighted by Gasteiger charge is -2.31. The smallest absolute Gasteiger partial charge is 0.141 e. The quantitative estimate of drug-likeness (QED) is 0.936. The molecule has 0 unspecified atom stereocenters. The van der Waals surface area contributed by atoms with Crippen LogP contribution in [0.3, 0.4) is 0 Å². The minimum atomic E-state index is -0.274. The van der Waals surface area contributed by atoms with Crippen molar-refractivity contribution in [2.45, 2.75) is 26.4 Å². The number of halogens is 1. The van der Waals surface area contributed by atoms with Gasteiger partial charge in [0.25, 0.3) is 0 Å². The maximum atomic E-state index is 13.5. The maximum absolute atomic E-state index is 13.5. The SMILES string of the molecule is CCNCc1cc(F)cnc1N1CCc2ccccc2C1. The second-order valence-electron chi connectivity index (χ2n) is 5.36. The lowest BCUT2D eigenvalue weighted by atomic mass is 9.99. The van der Waals surface area contributed by atoms with Crippen molar-refractivity contribution < 1.29 is 4.39 Å². The molecule has 1 aromatic heterocycles. The third kappa shape index (κ3) is 3.05. The summed E-state index contributed by atoms with van der Waals surface area (Å²) in [6.07, 6.45) is 2.32. The Hall–Kier alpha value is -1.94. The summed E-state index contributed by atoms with van der Waals surface area (Å²) in [5.74, 6) is 0.621. The van der Waals surface area contributed by atoms with Gasteiger partial charge in [0, 0.05) is 25.2 Å². The average molecular weight is 285 g/mol. The normalized spacial score (nSPS) is 14.1. The van der Waals surface area contributed by atoms with Crippen LogP contribution < -0.4 is 10.2 Å². The van der Waals surface area contributed by atoms with Crippen molar-refractivity contribution >= 4 is 5.82 Å². The Kier molecular flexibility index (Phi) is 4.15. The fourth-order valence-electron chi connectivity index (χ4n) is 2.82. The molecule has 2 heterocycles. The van der Waals surface area contributed by atoms with Crippen LogP contribution in [0.15, 0.2) is 36.5 Å². The highest BCUT2D eigenvalue weighted by atomic mass is 19.1. The summed E-state index contributed by atoms with van der Waals surface area (Å²) in [5.41, 5.74) is 3.67. The first kappa shape index (κ1) is 14.0. The summed E-state index contributed by atoms with van der Waals surface area (Å²) in [6, 6.07) is 10.1. The second-order valence-corrected chi connectivity index (χ2v) is 5.36. The van der Waals surface area contributed by atoms with Crippen molar-refractivity contribution in [1.82, 2.24) is 10.3 Å². The Morgan fingerprint density at radius 3 is 2.90 bits per heavy atom. The number of aromatic nitrogens is 1. The van der Waals surface area contributed by atoms with E-state index in [9.17, 15) is 4.39 Å². The van der Waals surface area contributed by atoms with Gasteiger partial charge in [-0.05, 0) is 30.2 Å². The molecule has 0 saturated heterocycles. The van der Waals surface area contributed by atoms with E-state index in [1.807, 2.05) is 6.92 Å². The third-order valence-corrected chi connectivity index (χ3v) is 3.91. The molecule has 1 aliphatic heterocycles. The highest BCUT2D eigenvalue weighted by Crippen LogP contribution is 2.26. The van der Waals surface area contributed by atoms with Crippen molar-refractivity contribution in [3.8, 4) is 0 Å². The average Bonchev–Trinajstić information content (AvgIpc) is 2.52. The van der Waals surface area contributed by atoms with E-state index < -0.39 is 0 Å². The molecule has 0 saturated carbocycles. The number of hydrogen-bond donors (Lipinski definition) is 1. The molecule has 21 heavy (non-hydrogen) atoms. The van der Waals surface area contributed by atoms with Crippen molar-refractivity contribution in [1.29, 1.82) is 0 Å². The molecule has 110 valence electrons. The van der Waals surface area contributed by atoms with Crippen molar-refractivity contribution in [3.05, 3.63) is 59.0 Å². The maximum Gasteiger partial charge on any atom is 0.141 e. The summed E-state index contributed by atoms with van der Waals surface area (Å²) in [7, 11) is 0. The van der Waals surface area contributed by atoms with Gasteiger partial charge in [0.15, 0.2) is 0 Å². The van der Waals surface area contributed by atoms with Crippen LogP contribution in [-0.4, -0.2) is 18.1 Å². The third-order valence-electron chi connectivity index (χ3n) is 3.91. The van der Waals surface area contributed by atoms with Gasteiger partial charge in [-0.25, -0.2) is 9.37 Å². The van der Waals surface area contributed by atoms with Crippen molar-refractivity contribution in [2.24, 2.45) is 0 Å². The number of nitrogens with zero attached hydrogens (tertiary/aromatic N) is 2. The Morgan fingerprint density at radius 1 is 1.29 bits per heavy atom. The van der Waals surface area contributed by atoms with Gasteiger partial charge in [-0.3, -0.25) is 0 Å². The fraction of sp³-hybridized carbons (Fsp3) is 0.353. The molecule has 0 fully saturated rings. The van der Waals surface area contributed by atoms with Crippen molar-refractivity contribution in [3.63, 3.8) is 0 Å². The highest BCUT2D eigenvalue weighted by Gasteiger charge is 2.19. The van der Waals surface area contributed by atoms with Gasteiger partial charge in [-0.1, -0.05) is 31.2 Å². The Balaban J connectivity index is 1.87. The van der Waals surface area contributed by atoms with E-state index in [1.54, 1.807) is 6.07 Å². The molecule has 1 aromatic carbocycles. The van der Waals surface area contributed by atoms with Crippen LogP contribution in [-0.2, 0) is 19.5 Å². The van der Waals surface area contributed by atoms with E-state index in [0.717, 1.165) is 37.4 Å². The van der Waals surface area contributed by atoms with Crippen LogP contribution in [0.4, 0.5) is 10.2 Å². The molecule has 0 amide bonds. The second kappa shape index (κ2) is 6.22. The first-order valence-corrected chi connectivity index (χ1v) is 7.45. The zero-order chi connectivity index (χ0) is 14.7. The van der Waals surface area contributed by atoms with Crippen LogP contribution in [0, 0.1) is 5.82 Å². The molecule has 2 aromatic rings. The number of hydrogen-bond acceptors (Lipinski definition) is 3. The number of pyridine rings is 1. The topological polar surface area (TPSA) is 28.2 Å². The molecule has 0 spiro atoms. The van der Waals surface area contributed by atoms with E-state index in [0.29, 0.717) is 6.54 Å². The van der Waals surface area contributed by atoms with Gasteiger partial charge in [0.2, 0.25) is 0 Å². The number of fused-ring (bicyclic) bond motifs is 1. The highest BCUT2D eigenvalue weighted by molar-refractivity contribution is 5.50. The van der Waals surface area contributed by atoms with Gasteiger partial charge in [0.05, 0.1) is 6.20 Å². The number of nitrogens with one attached hydrogen (secondary N) is 1. The van der Waals surface area contributed by atoms with E-state index in [4.69, 9.17) is 0 Å². The largest absolute Gasteiger partial charge is 0.352 e. The first-order chi connectivity index (χ1) is 10.3. The van der Waals surface area contributed by atoms with Crippen LogP contribution in [0.1, 0.15) is 23.6 Å². The minimum Gasteiger partial charge on any atom is -0.352 e. The predicted octanol–water partition coefficient (Wildman–Crippen LogP) is 2.89. The van der Waals surface area contributed by atoms with E-state index in [-0.39, 0.29) is 5.82 Å². The lowest BCUT2D eigenvalue weighted by Crippen LogP contribution is -2.32. The standard InChI is InChI=1S/C17H20FN3/c1-2-19-10-15-9-16(18)11-20-17(15)21-8-7-13-5-3-4-6-14(13)12-21/h3-6,9,11,19H,2,7-8,10,12H2,1H3. The van der Waals surface area contributed by atoms with Crippen LogP contribution in [0.25, 0.3) is 0 Å². The van der Waals surface area contributed by atoms with Gasteiger partial charge in [0.1, 0.15) is 11.6 Å². The van der Waals surface area contributed by atoms with E-state index >= 15 is 0 Å². The molecule has 0 aliphatic carbocycles. The summed E-state index contributed by atoms with van der Waals surface area (Å²) in [5, 5.41) is 3.26. The summed E-state index contributed by atoms with van der Waals surface area (Å²) >= 11 is 0.